The van der Waals surface area contributed by atoms with E-state index in [0.29, 0.717) is 17.6 Å². The molecule has 3 aliphatic carbocycles. The van der Waals surface area contributed by atoms with Crippen molar-refractivity contribution in [3.8, 4) is 0 Å². The highest BCUT2D eigenvalue weighted by Gasteiger charge is 2.54. The summed E-state index contributed by atoms with van der Waals surface area (Å²) in [4.78, 5) is 0. The Kier molecular flexibility index (Phi) is 3.22. The van der Waals surface area contributed by atoms with Crippen molar-refractivity contribution in [3.63, 3.8) is 0 Å². The fourth-order valence-corrected chi connectivity index (χ4v) is 5.39. The third-order valence-electron chi connectivity index (χ3n) is 6.41. The van der Waals surface area contributed by atoms with Crippen molar-refractivity contribution >= 4 is 0 Å². The summed E-state index contributed by atoms with van der Waals surface area (Å²) in [5.74, 6) is 0.734. The highest BCUT2D eigenvalue weighted by Crippen LogP contribution is 2.59. The van der Waals surface area contributed by atoms with Crippen LogP contribution in [0, 0.1) is 11.3 Å². The van der Waals surface area contributed by atoms with E-state index in [1.807, 2.05) is 7.11 Å². The first-order chi connectivity index (χ1) is 10.3. The molecule has 2 nitrogen and oxygen atoms in total. The molecule has 2 bridgehead atoms. The number of methoxy groups -OCH3 is 1. The van der Waals surface area contributed by atoms with Gasteiger partial charge < -0.3 is 10.1 Å². The first-order valence-corrected chi connectivity index (χ1v) is 8.34. The molecule has 4 atom stereocenters. The van der Waals surface area contributed by atoms with Crippen LogP contribution >= 0.6 is 0 Å². The van der Waals surface area contributed by atoms with Crippen LogP contribution in [0.5, 0.6) is 0 Å². The van der Waals surface area contributed by atoms with Gasteiger partial charge in [0.2, 0.25) is 0 Å². The lowest BCUT2D eigenvalue weighted by atomic mass is 9.51. The van der Waals surface area contributed by atoms with Gasteiger partial charge in [-0.2, -0.15) is 0 Å². The molecule has 21 heavy (non-hydrogen) atoms. The Morgan fingerprint density at radius 3 is 3.14 bits per heavy atom. The van der Waals surface area contributed by atoms with Crippen molar-refractivity contribution in [1.82, 2.24) is 5.32 Å². The second-order valence-corrected chi connectivity index (χ2v) is 7.06. The Morgan fingerprint density at radius 2 is 2.33 bits per heavy atom. The number of ether oxygens (including phenoxy) is 1. The van der Waals surface area contributed by atoms with E-state index in [9.17, 15) is 0 Å². The van der Waals surface area contributed by atoms with Gasteiger partial charge in [-0.3, -0.25) is 0 Å². The quantitative estimate of drug-likeness (QED) is 0.743. The zero-order chi connectivity index (χ0) is 14.4. The van der Waals surface area contributed by atoms with Crippen LogP contribution in [-0.2, 0) is 4.74 Å². The standard InChI is InChI=1S/C19H25NO/c1-3-13-5-4-6-16-15(13)12-18-17-11-14(21-2)7-8-19(16,17)9-10-20-18/h4,6,14,17-18,20H,1,5,7-12H2,2H3/t14?,17-,18+,19-/m0/s1. The lowest BCUT2D eigenvalue weighted by molar-refractivity contribution is -0.0352. The van der Waals surface area contributed by atoms with Gasteiger partial charge in [-0.15, -0.1) is 5.73 Å². The van der Waals surface area contributed by atoms with Crippen molar-refractivity contribution in [2.75, 3.05) is 13.7 Å². The fourth-order valence-electron chi connectivity index (χ4n) is 5.39. The smallest absolute Gasteiger partial charge is 0.0575 e. The predicted octanol–water partition coefficient (Wildman–Crippen LogP) is 3.52. The van der Waals surface area contributed by atoms with Gasteiger partial charge in [0.1, 0.15) is 0 Å². The molecule has 0 amide bonds. The van der Waals surface area contributed by atoms with Gasteiger partial charge in [0.25, 0.3) is 0 Å². The van der Waals surface area contributed by atoms with Crippen LogP contribution in [0.4, 0.5) is 0 Å². The molecule has 0 aromatic rings. The van der Waals surface area contributed by atoms with E-state index in [-0.39, 0.29) is 0 Å². The summed E-state index contributed by atoms with van der Waals surface area (Å²) >= 11 is 0. The van der Waals surface area contributed by atoms with Gasteiger partial charge in [0.15, 0.2) is 0 Å². The zero-order valence-electron chi connectivity index (χ0n) is 13.0. The van der Waals surface area contributed by atoms with E-state index in [2.05, 4.69) is 29.8 Å². The average molecular weight is 283 g/mol. The number of hydrogen-bond acceptors (Lipinski definition) is 2. The van der Waals surface area contributed by atoms with E-state index in [1.165, 1.54) is 31.3 Å². The van der Waals surface area contributed by atoms with Gasteiger partial charge in [-0.1, -0.05) is 18.7 Å². The Hall–Kier alpha value is -1.08. The number of piperidine rings is 1. The Bertz CT molecular complexity index is 566. The second-order valence-electron chi connectivity index (χ2n) is 7.06. The fraction of sp³-hybridized carbons (Fsp3) is 0.632. The molecular formula is C19H25NO. The minimum atomic E-state index is 0.386. The molecule has 1 heterocycles. The minimum Gasteiger partial charge on any atom is -0.381 e. The van der Waals surface area contributed by atoms with Crippen LogP contribution in [-0.4, -0.2) is 25.8 Å². The molecule has 112 valence electrons. The molecular weight excluding hydrogens is 258 g/mol. The van der Waals surface area contributed by atoms with Crippen LogP contribution in [0.1, 0.15) is 38.5 Å². The number of allylic oxidation sites excluding steroid dienone is 4. The van der Waals surface area contributed by atoms with Gasteiger partial charge in [0.05, 0.1) is 6.10 Å². The summed E-state index contributed by atoms with van der Waals surface area (Å²) in [6.07, 6.45) is 12.3. The molecule has 0 spiro atoms. The summed E-state index contributed by atoms with van der Waals surface area (Å²) in [5.41, 5.74) is 8.11. The first kappa shape index (κ1) is 13.6. The molecule has 4 rings (SSSR count). The molecule has 2 fully saturated rings. The third-order valence-corrected chi connectivity index (χ3v) is 6.41. The lowest BCUT2D eigenvalue weighted by Crippen LogP contribution is -2.58. The van der Waals surface area contributed by atoms with Crippen LogP contribution in [0.2, 0.25) is 0 Å². The van der Waals surface area contributed by atoms with E-state index >= 15 is 0 Å². The molecule has 0 aromatic heterocycles. The van der Waals surface area contributed by atoms with Crippen molar-refractivity contribution in [2.24, 2.45) is 11.3 Å². The Balaban J connectivity index is 1.82. The van der Waals surface area contributed by atoms with Crippen LogP contribution in [0.25, 0.3) is 0 Å². The third kappa shape index (κ3) is 1.86. The maximum Gasteiger partial charge on any atom is 0.0575 e. The molecule has 0 aromatic carbocycles. The molecule has 0 radical (unpaired) electrons. The summed E-state index contributed by atoms with van der Waals surface area (Å²) in [5, 5.41) is 3.79. The summed E-state index contributed by atoms with van der Waals surface area (Å²) in [6.45, 7) is 5.09. The van der Waals surface area contributed by atoms with Crippen LogP contribution in [0.3, 0.4) is 0 Å². The highest BCUT2D eigenvalue weighted by molar-refractivity contribution is 5.51. The van der Waals surface area contributed by atoms with Crippen molar-refractivity contribution in [3.05, 3.63) is 41.2 Å². The normalized spacial score (nSPS) is 41.4. The van der Waals surface area contributed by atoms with Gasteiger partial charge in [-0.25, -0.2) is 0 Å². The van der Waals surface area contributed by atoms with Crippen LogP contribution in [0.15, 0.2) is 41.2 Å². The molecule has 1 aliphatic heterocycles. The van der Waals surface area contributed by atoms with Crippen LogP contribution < -0.4 is 5.32 Å². The lowest BCUT2D eigenvalue weighted by Gasteiger charge is -2.58. The van der Waals surface area contributed by atoms with E-state index in [0.717, 1.165) is 25.3 Å². The molecule has 1 saturated carbocycles. The molecule has 4 aliphatic rings. The Morgan fingerprint density at radius 1 is 1.43 bits per heavy atom. The minimum absolute atomic E-state index is 0.386. The number of nitrogens with one attached hydrogen (secondary N) is 1. The topological polar surface area (TPSA) is 21.3 Å². The summed E-state index contributed by atoms with van der Waals surface area (Å²) in [7, 11) is 1.87. The maximum atomic E-state index is 5.69. The van der Waals surface area contributed by atoms with Crippen molar-refractivity contribution in [2.45, 2.75) is 50.7 Å². The van der Waals surface area contributed by atoms with Gasteiger partial charge >= 0.3 is 0 Å². The van der Waals surface area contributed by atoms with Crippen molar-refractivity contribution < 1.29 is 4.74 Å². The number of rotatable bonds is 1. The Labute approximate surface area is 127 Å². The number of hydrogen-bond donors (Lipinski definition) is 1. The van der Waals surface area contributed by atoms with Gasteiger partial charge in [-0.05, 0) is 62.1 Å². The SMILES string of the molecule is C=C=C1CC=CC2=C1C[C@H]1NCC[C@@]23CCC(OC)C[C@@H]13. The average Bonchev–Trinajstić information content (AvgIpc) is 2.53. The molecule has 1 saturated heterocycles. The van der Waals surface area contributed by atoms with E-state index in [4.69, 9.17) is 4.74 Å². The van der Waals surface area contributed by atoms with E-state index < -0.39 is 0 Å². The molecule has 1 unspecified atom stereocenters. The summed E-state index contributed by atoms with van der Waals surface area (Å²) < 4.78 is 5.69. The first-order valence-electron chi connectivity index (χ1n) is 8.34. The van der Waals surface area contributed by atoms with E-state index in [1.54, 1.807) is 11.1 Å². The van der Waals surface area contributed by atoms with Gasteiger partial charge in [0, 0.05) is 24.1 Å². The zero-order valence-corrected chi connectivity index (χ0v) is 13.0. The second kappa shape index (κ2) is 4.98. The summed E-state index contributed by atoms with van der Waals surface area (Å²) in [6, 6.07) is 0.616. The molecule has 1 N–H and O–H groups in total. The van der Waals surface area contributed by atoms with Crippen molar-refractivity contribution in [1.29, 1.82) is 0 Å². The predicted molar refractivity (Wildman–Crippen MR) is 85.0 cm³/mol. The molecule has 2 heteroatoms. The maximum absolute atomic E-state index is 5.69. The monoisotopic (exact) mass is 283 g/mol. The largest absolute Gasteiger partial charge is 0.381 e. The highest BCUT2D eigenvalue weighted by atomic mass is 16.5.